The molecule has 2 N–H and O–H groups in total. The van der Waals surface area contributed by atoms with Crippen LogP contribution >= 0.6 is 15.9 Å². The lowest BCUT2D eigenvalue weighted by Crippen LogP contribution is -2.06. The van der Waals surface area contributed by atoms with Gasteiger partial charge in [-0.1, -0.05) is 22.0 Å². The summed E-state index contributed by atoms with van der Waals surface area (Å²) in [7, 11) is 3.21. The van der Waals surface area contributed by atoms with E-state index in [1.54, 1.807) is 14.2 Å². The number of fused-ring (bicyclic) bond motifs is 2. The maximum atomic E-state index is 6.13. The van der Waals surface area contributed by atoms with Crippen molar-refractivity contribution in [2.75, 3.05) is 24.9 Å². The molecule has 4 rings (SSSR count). The van der Waals surface area contributed by atoms with Gasteiger partial charge in [0.25, 0.3) is 0 Å². The first-order chi connectivity index (χ1) is 13.6. The van der Waals surface area contributed by atoms with Crippen LogP contribution in [0.1, 0.15) is 11.4 Å². The molecule has 1 aromatic heterocycles. The predicted octanol–water partition coefficient (Wildman–Crippen LogP) is 5.03. The molecule has 28 heavy (non-hydrogen) atoms. The van der Waals surface area contributed by atoms with Crippen LogP contribution in [0, 0.1) is 6.92 Å². The van der Waals surface area contributed by atoms with Crippen molar-refractivity contribution in [2.45, 2.75) is 13.5 Å². The summed E-state index contributed by atoms with van der Waals surface area (Å²) in [4.78, 5) is 9.03. The molecule has 3 aromatic rings. The molecule has 2 aromatic carbocycles. The highest BCUT2D eigenvalue weighted by atomic mass is 79.9. The number of ether oxygens (including phenoxy) is 3. The standard InChI is InChI=1S/C20H19BrN4O3/c1-11-23-19(25-14-6-4-5-13(21)8-14)18-20(24-11)28-15-9-17(27-3)16(26-2)7-12(15)10-22-18/h4-9,22H,10H2,1-3H3,(H,23,24,25). The zero-order chi connectivity index (χ0) is 19.7. The van der Waals surface area contributed by atoms with Crippen LogP contribution < -0.4 is 24.8 Å². The van der Waals surface area contributed by atoms with Crippen LogP contribution in [0.4, 0.5) is 17.2 Å². The van der Waals surface area contributed by atoms with E-state index >= 15 is 0 Å². The van der Waals surface area contributed by atoms with Crippen molar-refractivity contribution in [3.8, 4) is 23.1 Å². The molecule has 7 nitrogen and oxygen atoms in total. The molecule has 0 atom stereocenters. The fraction of sp³-hybridized carbons (Fsp3) is 0.200. The minimum absolute atomic E-state index is 0.455. The second-order valence-corrected chi connectivity index (χ2v) is 7.12. The van der Waals surface area contributed by atoms with Gasteiger partial charge in [-0.25, -0.2) is 4.98 Å². The smallest absolute Gasteiger partial charge is 0.248 e. The Balaban J connectivity index is 1.74. The van der Waals surface area contributed by atoms with E-state index < -0.39 is 0 Å². The van der Waals surface area contributed by atoms with E-state index in [0.717, 1.165) is 15.7 Å². The molecule has 0 saturated carbocycles. The van der Waals surface area contributed by atoms with E-state index in [4.69, 9.17) is 14.2 Å². The highest BCUT2D eigenvalue weighted by Crippen LogP contribution is 2.42. The molecule has 8 heteroatoms. The first-order valence-corrected chi connectivity index (χ1v) is 9.44. The minimum Gasteiger partial charge on any atom is -0.493 e. The Labute approximate surface area is 171 Å². The number of nitrogens with one attached hydrogen (secondary N) is 2. The summed E-state index contributed by atoms with van der Waals surface area (Å²) in [6, 6.07) is 11.6. The van der Waals surface area contributed by atoms with Crippen LogP contribution in [0.15, 0.2) is 40.9 Å². The number of aryl methyl sites for hydroxylation is 1. The van der Waals surface area contributed by atoms with Gasteiger partial charge >= 0.3 is 0 Å². The number of anilines is 3. The van der Waals surface area contributed by atoms with E-state index in [-0.39, 0.29) is 0 Å². The van der Waals surface area contributed by atoms with Crippen LogP contribution in [-0.4, -0.2) is 24.2 Å². The van der Waals surface area contributed by atoms with Gasteiger partial charge in [0.05, 0.1) is 14.2 Å². The molecule has 0 amide bonds. The number of halogens is 1. The van der Waals surface area contributed by atoms with Crippen LogP contribution in [0.25, 0.3) is 0 Å². The summed E-state index contributed by atoms with van der Waals surface area (Å²) in [6.07, 6.45) is 0. The Hall–Kier alpha value is -3.00. The lowest BCUT2D eigenvalue weighted by atomic mass is 10.1. The lowest BCUT2D eigenvalue weighted by Gasteiger charge is -2.14. The Kier molecular flexibility index (Phi) is 4.95. The van der Waals surface area contributed by atoms with Gasteiger partial charge in [-0.3, -0.25) is 0 Å². The molecule has 0 radical (unpaired) electrons. The molecule has 0 fully saturated rings. The van der Waals surface area contributed by atoms with Crippen molar-refractivity contribution in [1.82, 2.24) is 9.97 Å². The summed E-state index contributed by atoms with van der Waals surface area (Å²) in [5.41, 5.74) is 2.53. The summed E-state index contributed by atoms with van der Waals surface area (Å²) < 4.78 is 17.9. The normalized spacial score (nSPS) is 12.0. The molecular weight excluding hydrogens is 424 g/mol. The molecule has 144 valence electrons. The minimum atomic E-state index is 0.455. The SMILES string of the molecule is COc1cc2c(cc1OC)Oc1nc(C)nc(Nc3cccc(Br)c3)c1NC2. The molecule has 0 unspecified atom stereocenters. The van der Waals surface area contributed by atoms with Crippen LogP contribution in [0.5, 0.6) is 23.1 Å². The van der Waals surface area contributed by atoms with E-state index in [0.29, 0.717) is 47.0 Å². The Bertz CT molecular complexity index is 1040. The van der Waals surface area contributed by atoms with Gasteiger partial charge in [0.2, 0.25) is 5.88 Å². The Morgan fingerprint density at radius 2 is 1.89 bits per heavy atom. The lowest BCUT2D eigenvalue weighted by molar-refractivity contribution is 0.351. The molecule has 2 heterocycles. The average molecular weight is 443 g/mol. The van der Waals surface area contributed by atoms with Gasteiger partial charge in [-0.15, -0.1) is 0 Å². The van der Waals surface area contributed by atoms with Crippen LogP contribution in [0.2, 0.25) is 0 Å². The zero-order valence-electron chi connectivity index (χ0n) is 15.7. The van der Waals surface area contributed by atoms with Crippen molar-refractivity contribution < 1.29 is 14.2 Å². The molecule has 0 aliphatic carbocycles. The second-order valence-electron chi connectivity index (χ2n) is 6.21. The number of nitrogens with zero attached hydrogens (tertiary/aromatic N) is 2. The highest BCUT2D eigenvalue weighted by molar-refractivity contribution is 9.10. The maximum absolute atomic E-state index is 6.13. The van der Waals surface area contributed by atoms with Crippen molar-refractivity contribution in [1.29, 1.82) is 0 Å². The fourth-order valence-corrected chi connectivity index (χ4v) is 3.40. The Morgan fingerprint density at radius 1 is 1.11 bits per heavy atom. The van der Waals surface area contributed by atoms with Crippen molar-refractivity contribution in [3.63, 3.8) is 0 Å². The van der Waals surface area contributed by atoms with Crippen molar-refractivity contribution >= 4 is 33.1 Å². The summed E-state index contributed by atoms with van der Waals surface area (Å²) in [5.74, 6) is 3.61. The number of hydrogen-bond acceptors (Lipinski definition) is 7. The summed E-state index contributed by atoms with van der Waals surface area (Å²) in [6.45, 7) is 2.36. The second kappa shape index (κ2) is 7.55. The van der Waals surface area contributed by atoms with Gasteiger partial charge < -0.3 is 24.8 Å². The van der Waals surface area contributed by atoms with Gasteiger partial charge in [-0.2, -0.15) is 4.98 Å². The van der Waals surface area contributed by atoms with Crippen LogP contribution in [-0.2, 0) is 6.54 Å². The van der Waals surface area contributed by atoms with E-state index in [1.165, 1.54) is 0 Å². The fourth-order valence-electron chi connectivity index (χ4n) is 3.00. The van der Waals surface area contributed by atoms with Gasteiger partial charge in [-0.05, 0) is 31.2 Å². The van der Waals surface area contributed by atoms with Gasteiger partial charge in [0.15, 0.2) is 17.3 Å². The first-order valence-electron chi connectivity index (χ1n) is 8.65. The number of aromatic nitrogens is 2. The first kappa shape index (κ1) is 18.4. The summed E-state index contributed by atoms with van der Waals surface area (Å²) >= 11 is 3.49. The molecule has 1 aliphatic rings. The highest BCUT2D eigenvalue weighted by Gasteiger charge is 2.22. The zero-order valence-corrected chi connectivity index (χ0v) is 17.3. The molecule has 0 spiro atoms. The van der Waals surface area contributed by atoms with Crippen molar-refractivity contribution in [3.05, 3.63) is 52.3 Å². The third-order valence-corrected chi connectivity index (χ3v) is 4.80. The summed E-state index contributed by atoms with van der Waals surface area (Å²) in [5, 5.41) is 6.72. The Morgan fingerprint density at radius 3 is 2.64 bits per heavy atom. The van der Waals surface area contributed by atoms with Gasteiger partial charge in [0, 0.05) is 28.3 Å². The largest absolute Gasteiger partial charge is 0.493 e. The third-order valence-electron chi connectivity index (χ3n) is 4.30. The molecular formula is C20H19BrN4O3. The molecule has 0 bridgehead atoms. The van der Waals surface area contributed by atoms with E-state index in [2.05, 4.69) is 36.5 Å². The number of hydrogen-bond donors (Lipinski definition) is 2. The van der Waals surface area contributed by atoms with E-state index in [9.17, 15) is 0 Å². The topological polar surface area (TPSA) is 77.5 Å². The number of methoxy groups -OCH3 is 2. The third kappa shape index (κ3) is 3.55. The van der Waals surface area contributed by atoms with Gasteiger partial charge in [0.1, 0.15) is 17.3 Å². The number of rotatable bonds is 4. The maximum Gasteiger partial charge on any atom is 0.248 e. The quantitative estimate of drug-likeness (QED) is 0.586. The molecule has 1 aliphatic heterocycles. The average Bonchev–Trinajstić information content (AvgIpc) is 2.85. The molecule has 0 saturated heterocycles. The van der Waals surface area contributed by atoms with E-state index in [1.807, 2.05) is 43.3 Å². The number of benzene rings is 2. The van der Waals surface area contributed by atoms with Crippen molar-refractivity contribution in [2.24, 2.45) is 0 Å². The van der Waals surface area contributed by atoms with Crippen LogP contribution in [0.3, 0.4) is 0 Å². The monoisotopic (exact) mass is 442 g/mol. The predicted molar refractivity (Wildman–Crippen MR) is 111 cm³/mol.